The van der Waals surface area contributed by atoms with Gasteiger partial charge in [-0.25, -0.2) is 9.78 Å². The number of aromatic nitrogens is 1. The Kier molecular flexibility index (Phi) is 5.31. The maximum Gasteiger partial charge on any atom is 0.324 e. The molecule has 0 bridgehead atoms. The molecule has 9 heteroatoms. The lowest BCUT2D eigenvalue weighted by atomic mass is 10.4. The molecule has 3 amide bonds. The minimum atomic E-state index is -0.344. The van der Waals surface area contributed by atoms with Crippen molar-refractivity contribution in [2.24, 2.45) is 4.99 Å². The molecule has 0 radical (unpaired) electrons. The van der Waals surface area contributed by atoms with Gasteiger partial charge >= 0.3 is 6.03 Å². The topological polar surface area (TPSA) is 98.7 Å². The van der Waals surface area contributed by atoms with Crippen molar-refractivity contribution in [2.45, 2.75) is 20.4 Å². The van der Waals surface area contributed by atoms with Crippen molar-refractivity contribution in [1.82, 2.24) is 25.8 Å². The number of thiazole rings is 1. The number of guanidine groups is 1. The van der Waals surface area contributed by atoms with Crippen molar-refractivity contribution in [3.8, 4) is 0 Å². The molecule has 2 heterocycles. The summed E-state index contributed by atoms with van der Waals surface area (Å²) in [5, 5.41) is 9.70. The Morgan fingerprint density at radius 3 is 2.73 bits per heavy atom. The van der Waals surface area contributed by atoms with Gasteiger partial charge in [0.1, 0.15) is 5.01 Å². The van der Waals surface area contributed by atoms with Crippen molar-refractivity contribution in [3.05, 3.63) is 15.6 Å². The molecule has 120 valence electrons. The number of nitrogens with one attached hydrogen (secondary N) is 3. The lowest BCUT2D eigenvalue weighted by molar-refractivity contribution is -0.124. The molecule has 0 unspecified atom stereocenters. The van der Waals surface area contributed by atoms with E-state index >= 15 is 0 Å². The van der Waals surface area contributed by atoms with Gasteiger partial charge in [0, 0.05) is 25.0 Å². The molecular weight excluding hydrogens is 304 g/mol. The van der Waals surface area contributed by atoms with Crippen molar-refractivity contribution in [3.63, 3.8) is 0 Å². The van der Waals surface area contributed by atoms with E-state index in [0.717, 1.165) is 10.7 Å². The monoisotopic (exact) mass is 324 g/mol. The van der Waals surface area contributed by atoms with Crippen LogP contribution in [0.15, 0.2) is 4.99 Å². The number of urea groups is 1. The summed E-state index contributed by atoms with van der Waals surface area (Å²) in [4.78, 5) is 33.8. The van der Waals surface area contributed by atoms with E-state index in [1.54, 1.807) is 18.4 Å². The van der Waals surface area contributed by atoms with Gasteiger partial charge in [-0.2, -0.15) is 0 Å². The van der Waals surface area contributed by atoms with Gasteiger partial charge in [-0.15, -0.1) is 11.3 Å². The van der Waals surface area contributed by atoms with Gasteiger partial charge in [-0.1, -0.05) is 0 Å². The first-order valence-corrected chi connectivity index (χ1v) is 7.78. The van der Waals surface area contributed by atoms with Gasteiger partial charge in [0.2, 0.25) is 5.91 Å². The fraction of sp³-hybridized carbons (Fsp3) is 0.538. The fourth-order valence-corrected chi connectivity index (χ4v) is 2.84. The number of hydrogen-bond donors (Lipinski definition) is 3. The highest BCUT2D eigenvalue weighted by Gasteiger charge is 2.27. The van der Waals surface area contributed by atoms with Crippen LogP contribution in [0.3, 0.4) is 0 Å². The number of carbonyl (C=O) groups is 2. The molecule has 1 aromatic rings. The second-order valence-electron chi connectivity index (χ2n) is 4.81. The zero-order valence-electron chi connectivity index (χ0n) is 12.9. The lowest BCUT2D eigenvalue weighted by Gasteiger charge is -2.15. The number of aliphatic imine (C=N–C) groups is 1. The van der Waals surface area contributed by atoms with Crippen LogP contribution in [0.4, 0.5) is 4.79 Å². The quantitative estimate of drug-likeness (QED) is 0.401. The Bertz CT molecular complexity index is 562. The molecule has 1 aromatic heterocycles. The summed E-state index contributed by atoms with van der Waals surface area (Å²) in [5.74, 6) is 0.404. The maximum atomic E-state index is 11.4. The zero-order chi connectivity index (χ0) is 16.1. The third-order valence-electron chi connectivity index (χ3n) is 3.27. The van der Waals surface area contributed by atoms with Crippen LogP contribution in [0.25, 0.3) is 0 Å². The Hall–Kier alpha value is -2.16. The first kappa shape index (κ1) is 16.2. The van der Waals surface area contributed by atoms with Crippen LogP contribution in [-0.2, 0) is 11.3 Å². The van der Waals surface area contributed by atoms with E-state index in [1.807, 2.05) is 13.8 Å². The SMILES string of the molecule is CN=C(NCCN1C(=O)CNC1=O)NCc1nc(C)c(C)s1. The molecule has 1 fully saturated rings. The fourth-order valence-electron chi connectivity index (χ4n) is 1.96. The lowest BCUT2D eigenvalue weighted by Crippen LogP contribution is -2.43. The molecule has 8 nitrogen and oxygen atoms in total. The van der Waals surface area contributed by atoms with E-state index in [1.165, 1.54) is 9.78 Å². The summed E-state index contributed by atoms with van der Waals surface area (Å²) in [6.45, 7) is 5.44. The normalized spacial score (nSPS) is 15.2. The molecule has 1 saturated heterocycles. The van der Waals surface area contributed by atoms with E-state index < -0.39 is 0 Å². The van der Waals surface area contributed by atoms with Crippen molar-refractivity contribution < 1.29 is 9.59 Å². The summed E-state index contributed by atoms with van der Waals surface area (Å²) >= 11 is 1.65. The first-order chi connectivity index (χ1) is 10.5. The predicted octanol–water partition coefficient (Wildman–Crippen LogP) is -0.0233. The minimum Gasteiger partial charge on any atom is -0.355 e. The molecule has 3 N–H and O–H groups in total. The van der Waals surface area contributed by atoms with E-state index in [9.17, 15) is 9.59 Å². The number of nitrogens with zero attached hydrogens (tertiary/aromatic N) is 3. The molecule has 2 rings (SSSR count). The number of amides is 3. The number of carbonyl (C=O) groups excluding carboxylic acids is 2. The average molecular weight is 324 g/mol. The van der Waals surface area contributed by atoms with Gasteiger partial charge in [-0.3, -0.25) is 14.7 Å². The molecule has 1 aliphatic heterocycles. The molecule has 0 aromatic carbocycles. The van der Waals surface area contributed by atoms with Crippen LogP contribution < -0.4 is 16.0 Å². The summed E-state index contributed by atoms with van der Waals surface area (Å²) < 4.78 is 0. The number of imide groups is 1. The molecular formula is C13H20N6O2S. The van der Waals surface area contributed by atoms with Gasteiger partial charge in [-0.05, 0) is 13.8 Å². The molecule has 0 saturated carbocycles. The van der Waals surface area contributed by atoms with Gasteiger partial charge in [0.05, 0.1) is 18.8 Å². The summed E-state index contributed by atoms with van der Waals surface area (Å²) in [6.07, 6.45) is 0. The summed E-state index contributed by atoms with van der Waals surface area (Å²) in [7, 11) is 1.67. The molecule has 0 spiro atoms. The van der Waals surface area contributed by atoms with Crippen LogP contribution >= 0.6 is 11.3 Å². The largest absolute Gasteiger partial charge is 0.355 e. The zero-order valence-corrected chi connectivity index (χ0v) is 13.7. The van der Waals surface area contributed by atoms with Crippen LogP contribution in [0.1, 0.15) is 15.6 Å². The van der Waals surface area contributed by atoms with Gasteiger partial charge in [0.25, 0.3) is 0 Å². The van der Waals surface area contributed by atoms with Crippen LogP contribution in [0.2, 0.25) is 0 Å². The van der Waals surface area contributed by atoms with Crippen LogP contribution in [0, 0.1) is 13.8 Å². The number of aryl methyl sites for hydroxylation is 2. The highest BCUT2D eigenvalue weighted by Crippen LogP contribution is 2.15. The predicted molar refractivity (Wildman–Crippen MR) is 84.9 cm³/mol. The standard InChI is InChI=1S/C13H20N6O2S/c1-8-9(2)22-10(18-8)6-16-12(14-3)15-4-5-19-11(20)7-17-13(19)21/h4-7H2,1-3H3,(H,17,21)(H2,14,15,16). The highest BCUT2D eigenvalue weighted by molar-refractivity contribution is 7.11. The van der Waals surface area contributed by atoms with Crippen LogP contribution in [-0.4, -0.2) is 54.5 Å². The van der Waals surface area contributed by atoms with E-state index in [4.69, 9.17) is 0 Å². The summed E-state index contributed by atoms with van der Waals surface area (Å²) in [5.41, 5.74) is 1.04. The van der Waals surface area contributed by atoms with Crippen molar-refractivity contribution in [2.75, 3.05) is 26.7 Å². The Labute approximate surface area is 133 Å². The number of rotatable bonds is 5. The van der Waals surface area contributed by atoms with E-state index in [-0.39, 0.29) is 18.5 Å². The smallest absolute Gasteiger partial charge is 0.324 e. The third kappa shape index (κ3) is 3.94. The minimum absolute atomic E-state index is 0.0779. The first-order valence-electron chi connectivity index (χ1n) is 6.97. The Morgan fingerprint density at radius 1 is 1.41 bits per heavy atom. The van der Waals surface area contributed by atoms with Crippen LogP contribution in [0.5, 0.6) is 0 Å². The van der Waals surface area contributed by atoms with Crippen molar-refractivity contribution >= 4 is 29.2 Å². The van der Waals surface area contributed by atoms with Crippen molar-refractivity contribution in [1.29, 1.82) is 0 Å². The Morgan fingerprint density at radius 2 is 2.18 bits per heavy atom. The molecule has 22 heavy (non-hydrogen) atoms. The Balaban J connectivity index is 1.75. The second kappa shape index (κ2) is 7.21. The molecule has 0 aliphatic carbocycles. The number of hydrogen-bond acceptors (Lipinski definition) is 5. The highest BCUT2D eigenvalue weighted by atomic mass is 32.1. The summed E-state index contributed by atoms with van der Waals surface area (Å²) in [6, 6.07) is -0.344. The maximum absolute atomic E-state index is 11.4. The van der Waals surface area contributed by atoms with Gasteiger partial charge < -0.3 is 16.0 Å². The third-order valence-corrected chi connectivity index (χ3v) is 4.34. The van der Waals surface area contributed by atoms with Gasteiger partial charge in [0.15, 0.2) is 5.96 Å². The van der Waals surface area contributed by atoms with E-state index in [2.05, 4.69) is 25.9 Å². The van der Waals surface area contributed by atoms with E-state index in [0.29, 0.717) is 25.6 Å². The molecule has 1 aliphatic rings. The second-order valence-corrected chi connectivity index (χ2v) is 6.09. The average Bonchev–Trinajstić information content (AvgIpc) is 2.98. The molecule has 0 atom stereocenters.